The molecule has 1 aliphatic heterocycles. The average molecular weight is 264 g/mol. The average Bonchev–Trinajstić information content (AvgIpc) is 2.21. The van der Waals surface area contributed by atoms with Crippen LogP contribution in [0, 0.1) is 0 Å². The highest BCUT2D eigenvalue weighted by atomic mass is 79.9. The van der Waals surface area contributed by atoms with Crippen LogP contribution in [0.2, 0.25) is 0 Å². The molecule has 1 rings (SSSR count). The number of alkyl halides is 1. The summed E-state index contributed by atoms with van der Waals surface area (Å²) in [5.74, 6) is 0. The first-order valence-corrected chi connectivity index (χ1v) is 6.89. The van der Waals surface area contributed by atoms with E-state index in [1.807, 2.05) is 0 Å². The second-order valence-corrected chi connectivity index (χ2v) is 4.69. The number of nitrogens with zero attached hydrogens (tertiary/aromatic N) is 1. The Bertz CT molecular complexity index is 135. The topological polar surface area (TPSA) is 12.5 Å². The lowest BCUT2D eigenvalue weighted by atomic mass is 10.1. The van der Waals surface area contributed by atoms with Gasteiger partial charge in [-0.05, 0) is 39.2 Å². The molecule has 3 heteroatoms. The zero-order chi connectivity index (χ0) is 10.2. The predicted octanol–water partition coefficient (Wildman–Crippen LogP) is 2.66. The molecular formula is C11H22BrNO. The van der Waals surface area contributed by atoms with E-state index in [4.69, 9.17) is 4.74 Å². The standard InChI is InChI=1S/C11H22BrNO/c1-2-14-11-5-9-13(10-6-11)8-4-3-7-12/h11H,2-10H2,1H3. The van der Waals surface area contributed by atoms with Gasteiger partial charge in [0.15, 0.2) is 0 Å². The number of ether oxygens (including phenoxy) is 1. The van der Waals surface area contributed by atoms with Crippen LogP contribution in [-0.4, -0.2) is 42.6 Å². The molecule has 0 saturated carbocycles. The quantitative estimate of drug-likeness (QED) is 0.540. The van der Waals surface area contributed by atoms with Crippen LogP contribution in [0.1, 0.15) is 32.6 Å². The molecule has 14 heavy (non-hydrogen) atoms. The number of piperidine rings is 1. The minimum Gasteiger partial charge on any atom is -0.378 e. The van der Waals surface area contributed by atoms with Crippen molar-refractivity contribution >= 4 is 15.9 Å². The summed E-state index contributed by atoms with van der Waals surface area (Å²) in [6.07, 6.45) is 5.60. The minimum atomic E-state index is 0.535. The second kappa shape index (κ2) is 7.66. The molecular weight excluding hydrogens is 242 g/mol. The molecule has 0 unspecified atom stereocenters. The summed E-state index contributed by atoms with van der Waals surface area (Å²) in [7, 11) is 0. The molecule has 1 heterocycles. The number of unbranched alkanes of at least 4 members (excludes halogenated alkanes) is 1. The highest BCUT2D eigenvalue weighted by molar-refractivity contribution is 9.09. The fourth-order valence-corrected chi connectivity index (χ4v) is 2.36. The number of hydrogen-bond donors (Lipinski definition) is 0. The van der Waals surface area contributed by atoms with Gasteiger partial charge in [0.2, 0.25) is 0 Å². The van der Waals surface area contributed by atoms with Gasteiger partial charge < -0.3 is 9.64 Å². The van der Waals surface area contributed by atoms with Crippen molar-refractivity contribution < 1.29 is 4.74 Å². The second-order valence-electron chi connectivity index (χ2n) is 3.89. The van der Waals surface area contributed by atoms with Gasteiger partial charge in [0, 0.05) is 25.0 Å². The van der Waals surface area contributed by atoms with Gasteiger partial charge in [-0.15, -0.1) is 0 Å². The maximum Gasteiger partial charge on any atom is 0.0599 e. The van der Waals surface area contributed by atoms with Gasteiger partial charge in [0.25, 0.3) is 0 Å². The van der Waals surface area contributed by atoms with Crippen molar-refractivity contribution in [2.24, 2.45) is 0 Å². The Morgan fingerprint density at radius 2 is 2.00 bits per heavy atom. The van der Waals surface area contributed by atoms with Crippen LogP contribution < -0.4 is 0 Å². The molecule has 0 aromatic carbocycles. The molecule has 0 amide bonds. The number of likely N-dealkylation sites (tertiary alicyclic amines) is 1. The van der Waals surface area contributed by atoms with Crippen molar-refractivity contribution in [3.8, 4) is 0 Å². The third-order valence-electron chi connectivity index (χ3n) is 2.79. The van der Waals surface area contributed by atoms with Gasteiger partial charge in [-0.2, -0.15) is 0 Å². The highest BCUT2D eigenvalue weighted by Crippen LogP contribution is 2.14. The van der Waals surface area contributed by atoms with E-state index >= 15 is 0 Å². The molecule has 0 radical (unpaired) electrons. The maximum atomic E-state index is 5.62. The van der Waals surface area contributed by atoms with Crippen LogP contribution in [-0.2, 0) is 4.74 Å². The monoisotopic (exact) mass is 263 g/mol. The SMILES string of the molecule is CCOC1CCN(CCCCBr)CC1. The van der Waals surface area contributed by atoms with Crippen molar-refractivity contribution in [2.75, 3.05) is 31.6 Å². The fraction of sp³-hybridized carbons (Fsp3) is 1.00. The summed E-state index contributed by atoms with van der Waals surface area (Å²) < 4.78 is 5.62. The molecule has 0 aliphatic carbocycles. The first-order chi connectivity index (χ1) is 6.86. The highest BCUT2D eigenvalue weighted by Gasteiger charge is 2.18. The van der Waals surface area contributed by atoms with Crippen molar-refractivity contribution in [3.63, 3.8) is 0 Å². The summed E-state index contributed by atoms with van der Waals surface area (Å²) in [5.41, 5.74) is 0. The van der Waals surface area contributed by atoms with E-state index in [-0.39, 0.29) is 0 Å². The van der Waals surface area contributed by atoms with Gasteiger partial charge in [0.05, 0.1) is 6.10 Å². The number of halogens is 1. The number of rotatable bonds is 6. The van der Waals surface area contributed by atoms with E-state index in [9.17, 15) is 0 Å². The minimum absolute atomic E-state index is 0.535. The summed E-state index contributed by atoms with van der Waals surface area (Å²) in [6, 6.07) is 0. The summed E-state index contributed by atoms with van der Waals surface area (Å²) in [5, 5.41) is 1.14. The van der Waals surface area contributed by atoms with Crippen LogP contribution in [0.5, 0.6) is 0 Å². The van der Waals surface area contributed by atoms with E-state index in [0.29, 0.717) is 6.10 Å². The van der Waals surface area contributed by atoms with Crippen LogP contribution >= 0.6 is 15.9 Å². The van der Waals surface area contributed by atoms with Gasteiger partial charge in [0.1, 0.15) is 0 Å². The van der Waals surface area contributed by atoms with Gasteiger partial charge >= 0.3 is 0 Å². The van der Waals surface area contributed by atoms with Crippen LogP contribution in [0.3, 0.4) is 0 Å². The molecule has 0 aromatic rings. The molecule has 0 aromatic heterocycles. The molecule has 1 saturated heterocycles. The van der Waals surface area contributed by atoms with E-state index < -0.39 is 0 Å². The van der Waals surface area contributed by atoms with Crippen molar-refractivity contribution in [3.05, 3.63) is 0 Å². The van der Waals surface area contributed by atoms with Crippen LogP contribution in [0.4, 0.5) is 0 Å². The maximum absolute atomic E-state index is 5.62. The first kappa shape index (κ1) is 12.5. The van der Waals surface area contributed by atoms with E-state index in [1.54, 1.807) is 0 Å². The molecule has 84 valence electrons. The third kappa shape index (κ3) is 4.76. The molecule has 1 aliphatic rings. The zero-order valence-electron chi connectivity index (χ0n) is 9.17. The Balaban J connectivity index is 2.03. The first-order valence-electron chi connectivity index (χ1n) is 5.76. The Kier molecular flexibility index (Phi) is 6.82. The van der Waals surface area contributed by atoms with Crippen molar-refractivity contribution in [1.82, 2.24) is 4.90 Å². The fourth-order valence-electron chi connectivity index (χ4n) is 1.97. The van der Waals surface area contributed by atoms with Crippen molar-refractivity contribution in [2.45, 2.75) is 38.7 Å². The molecule has 0 atom stereocenters. The Labute approximate surface area is 96.1 Å². The number of hydrogen-bond acceptors (Lipinski definition) is 2. The van der Waals surface area contributed by atoms with E-state index in [0.717, 1.165) is 11.9 Å². The Morgan fingerprint density at radius 3 is 2.57 bits per heavy atom. The lowest BCUT2D eigenvalue weighted by Gasteiger charge is -2.31. The lowest BCUT2D eigenvalue weighted by Crippen LogP contribution is -2.37. The summed E-state index contributed by atoms with van der Waals surface area (Å²) >= 11 is 3.47. The third-order valence-corrected chi connectivity index (χ3v) is 3.36. The summed E-state index contributed by atoms with van der Waals surface area (Å²) in [4.78, 5) is 2.57. The van der Waals surface area contributed by atoms with E-state index in [1.165, 1.54) is 45.3 Å². The molecule has 0 bridgehead atoms. The van der Waals surface area contributed by atoms with Gasteiger partial charge in [-0.3, -0.25) is 0 Å². The smallest absolute Gasteiger partial charge is 0.0599 e. The predicted molar refractivity (Wildman–Crippen MR) is 64.1 cm³/mol. The Morgan fingerprint density at radius 1 is 1.29 bits per heavy atom. The largest absolute Gasteiger partial charge is 0.378 e. The normalized spacial score (nSPS) is 20.1. The Hall–Kier alpha value is 0.400. The van der Waals surface area contributed by atoms with Crippen LogP contribution in [0.25, 0.3) is 0 Å². The van der Waals surface area contributed by atoms with Gasteiger partial charge in [-0.25, -0.2) is 0 Å². The molecule has 1 fully saturated rings. The van der Waals surface area contributed by atoms with Crippen molar-refractivity contribution in [1.29, 1.82) is 0 Å². The van der Waals surface area contributed by atoms with Crippen LogP contribution in [0.15, 0.2) is 0 Å². The lowest BCUT2D eigenvalue weighted by molar-refractivity contribution is 0.0141. The molecule has 2 nitrogen and oxygen atoms in total. The molecule has 0 N–H and O–H groups in total. The van der Waals surface area contributed by atoms with Gasteiger partial charge in [-0.1, -0.05) is 15.9 Å². The molecule has 0 spiro atoms. The van der Waals surface area contributed by atoms with E-state index in [2.05, 4.69) is 27.8 Å². The summed E-state index contributed by atoms with van der Waals surface area (Å²) in [6.45, 7) is 6.68. The zero-order valence-corrected chi connectivity index (χ0v) is 10.8.